The number of hydrogen-bond donors (Lipinski definition) is 1. The number of carbonyl (C=O) groups is 1. The number of nitrogens with one attached hydrogen (secondary N) is 1. The van der Waals surface area contributed by atoms with Gasteiger partial charge < -0.3 is 9.73 Å². The second kappa shape index (κ2) is 3.31. The second-order valence-electron chi connectivity index (χ2n) is 2.73. The molecule has 1 heterocycles. The summed E-state index contributed by atoms with van der Waals surface area (Å²) in [6.07, 6.45) is 0. The van der Waals surface area contributed by atoms with E-state index in [1.165, 1.54) is 0 Å². The minimum atomic E-state index is -0.161. The summed E-state index contributed by atoms with van der Waals surface area (Å²) >= 11 is 5.57. The number of rotatable bonds is 1. The van der Waals surface area contributed by atoms with Crippen molar-refractivity contribution in [1.29, 1.82) is 0 Å². The van der Waals surface area contributed by atoms with Crippen LogP contribution in [0.15, 0.2) is 22.6 Å². The van der Waals surface area contributed by atoms with E-state index >= 15 is 0 Å². The molecule has 5 heteroatoms. The molecule has 2 rings (SSSR count). The number of nitrogens with zero attached hydrogens (tertiary/aromatic N) is 1. The highest BCUT2D eigenvalue weighted by Crippen LogP contribution is 2.19. The maximum absolute atomic E-state index is 11.3. The van der Waals surface area contributed by atoms with Crippen molar-refractivity contribution in [3.05, 3.63) is 29.1 Å². The molecule has 0 saturated carbocycles. The first-order valence-corrected chi connectivity index (χ1v) is 4.36. The molecular weight excluding hydrogens is 204 g/mol. The van der Waals surface area contributed by atoms with Crippen LogP contribution in [0.25, 0.3) is 11.1 Å². The molecule has 4 nitrogen and oxygen atoms in total. The Balaban J connectivity index is 2.55. The molecule has 0 aliphatic carbocycles. The van der Waals surface area contributed by atoms with E-state index in [1.807, 2.05) is 0 Å². The van der Waals surface area contributed by atoms with Crippen molar-refractivity contribution in [2.24, 2.45) is 0 Å². The van der Waals surface area contributed by atoms with Crippen molar-refractivity contribution < 1.29 is 9.21 Å². The summed E-state index contributed by atoms with van der Waals surface area (Å²) in [5.74, 6) is -0.161. The van der Waals surface area contributed by atoms with Crippen molar-refractivity contribution in [3.8, 4) is 0 Å². The van der Waals surface area contributed by atoms with Gasteiger partial charge in [-0.25, -0.2) is 0 Å². The average Bonchev–Trinajstić information content (AvgIpc) is 2.55. The molecule has 14 heavy (non-hydrogen) atoms. The van der Waals surface area contributed by atoms with E-state index in [9.17, 15) is 4.79 Å². The van der Waals surface area contributed by atoms with Crippen LogP contribution in [-0.4, -0.2) is 17.9 Å². The first-order chi connectivity index (χ1) is 6.70. The standard InChI is InChI=1S/C9H7ClN2O2/c1-11-8(13)5-2-3-7-6(4-5)12-9(10)14-7/h2-4H,1H3,(H,11,13). The number of aromatic nitrogens is 1. The fraction of sp³-hybridized carbons (Fsp3) is 0.111. The van der Waals surface area contributed by atoms with Crippen LogP contribution in [0.3, 0.4) is 0 Å². The zero-order chi connectivity index (χ0) is 10.1. The Morgan fingerprint density at radius 2 is 2.36 bits per heavy atom. The molecule has 0 spiro atoms. The van der Waals surface area contributed by atoms with Crippen LogP contribution in [0.5, 0.6) is 0 Å². The zero-order valence-corrected chi connectivity index (χ0v) is 8.13. The van der Waals surface area contributed by atoms with Crippen molar-refractivity contribution in [3.63, 3.8) is 0 Å². The Morgan fingerprint density at radius 1 is 1.57 bits per heavy atom. The molecule has 1 amide bonds. The van der Waals surface area contributed by atoms with E-state index in [0.29, 0.717) is 16.7 Å². The van der Waals surface area contributed by atoms with Gasteiger partial charge in [-0.1, -0.05) is 0 Å². The Labute approximate surface area is 84.9 Å². The molecule has 0 radical (unpaired) electrons. The lowest BCUT2D eigenvalue weighted by atomic mass is 10.2. The molecule has 2 aromatic rings. The molecule has 0 fully saturated rings. The minimum absolute atomic E-state index is 0.0778. The molecule has 1 aromatic carbocycles. The van der Waals surface area contributed by atoms with E-state index in [4.69, 9.17) is 16.0 Å². The monoisotopic (exact) mass is 210 g/mol. The van der Waals surface area contributed by atoms with Crippen molar-refractivity contribution in [2.45, 2.75) is 0 Å². The summed E-state index contributed by atoms with van der Waals surface area (Å²) in [5, 5.41) is 2.60. The first-order valence-electron chi connectivity index (χ1n) is 3.99. The van der Waals surface area contributed by atoms with Gasteiger partial charge in [0.1, 0.15) is 5.52 Å². The lowest BCUT2D eigenvalue weighted by Crippen LogP contribution is -2.17. The van der Waals surface area contributed by atoms with Crippen molar-refractivity contribution >= 4 is 28.6 Å². The highest BCUT2D eigenvalue weighted by atomic mass is 35.5. The highest BCUT2D eigenvalue weighted by Gasteiger charge is 2.07. The van der Waals surface area contributed by atoms with Crippen LogP contribution in [0.4, 0.5) is 0 Å². The fourth-order valence-electron chi connectivity index (χ4n) is 1.18. The third kappa shape index (κ3) is 1.44. The van der Waals surface area contributed by atoms with Gasteiger partial charge in [0.05, 0.1) is 0 Å². The Morgan fingerprint density at radius 3 is 3.07 bits per heavy atom. The normalized spacial score (nSPS) is 10.4. The smallest absolute Gasteiger partial charge is 0.293 e. The van der Waals surface area contributed by atoms with E-state index < -0.39 is 0 Å². The first kappa shape index (κ1) is 9.02. The number of carbonyl (C=O) groups excluding carboxylic acids is 1. The van der Waals surface area contributed by atoms with Crippen LogP contribution < -0.4 is 5.32 Å². The summed E-state index contributed by atoms with van der Waals surface area (Å²) in [6, 6.07) is 4.95. The summed E-state index contributed by atoms with van der Waals surface area (Å²) < 4.78 is 5.06. The lowest BCUT2D eigenvalue weighted by Gasteiger charge is -1.97. The van der Waals surface area contributed by atoms with Gasteiger partial charge in [-0.15, -0.1) is 0 Å². The van der Waals surface area contributed by atoms with E-state index in [2.05, 4.69) is 10.3 Å². The fourth-order valence-corrected chi connectivity index (χ4v) is 1.36. The topological polar surface area (TPSA) is 55.1 Å². The molecule has 0 aliphatic rings. The third-order valence-corrected chi connectivity index (χ3v) is 2.01. The second-order valence-corrected chi connectivity index (χ2v) is 3.05. The van der Waals surface area contributed by atoms with Crippen molar-refractivity contribution in [1.82, 2.24) is 10.3 Å². The predicted octanol–water partition coefficient (Wildman–Crippen LogP) is 1.84. The van der Waals surface area contributed by atoms with Crippen LogP contribution >= 0.6 is 11.6 Å². The maximum atomic E-state index is 11.3. The van der Waals surface area contributed by atoms with Crippen LogP contribution in [0.2, 0.25) is 5.35 Å². The number of hydrogen-bond acceptors (Lipinski definition) is 3. The molecule has 0 atom stereocenters. The number of halogens is 1. The number of fused-ring (bicyclic) bond motifs is 1. The summed E-state index contributed by atoms with van der Waals surface area (Å²) in [6.45, 7) is 0. The quantitative estimate of drug-likeness (QED) is 0.782. The van der Waals surface area contributed by atoms with Crippen LogP contribution in [0.1, 0.15) is 10.4 Å². The van der Waals surface area contributed by atoms with E-state index in [1.54, 1.807) is 25.2 Å². The Hall–Kier alpha value is -1.55. The van der Waals surface area contributed by atoms with E-state index in [-0.39, 0.29) is 11.3 Å². The van der Waals surface area contributed by atoms with Gasteiger partial charge in [0.15, 0.2) is 5.58 Å². The Bertz CT molecular complexity index is 493. The van der Waals surface area contributed by atoms with Gasteiger partial charge in [0.2, 0.25) is 0 Å². The molecule has 1 aromatic heterocycles. The van der Waals surface area contributed by atoms with Gasteiger partial charge >= 0.3 is 0 Å². The number of amides is 1. The maximum Gasteiger partial charge on any atom is 0.293 e. The molecule has 72 valence electrons. The molecule has 0 aliphatic heterocycles. The third-order valence-electron chi connectivity index (χ3n) is 1.85. The van der Waals surface area contributed by atoms with Gasteiger partial charge in [-0.05, 0) is 29.8 Å². The molecule has 1 N–H and O–H groups in total. The SMILES string of the molecule is CNC(=O)c1ccc2oc(Cl)nc2c1. The number of benzene rings is 1. The van der Waals surface area contributed by atoms with Gasteiger partial charge in [0.25, 0.3) is 11.3 Å². The van der Waals surface area contributed by atoms with Gasteiger partial charge in [-0.2, -0.15) is 4.98 Å². The van der Waals surface area contributed by atoms with Gasteiger partial charge in [-0.3, -0.25) is 4.79 Å². The predicted molar refractivity (Wildman–Crippen MR) is 52.4 cm³/mol. The summed E-state index contributed by atoms with van der Waals surface area (Å²) in [5.41, 5.74) is 1.68. The minimum Gasteiger partial charge on any atom is -0.428 e. The average molecular weight is 211 g/mol. The number of oxazole rings is 1. The highest BCUT2D eigenvalue weighted by molar-refractivity contribution is 6.28. The zero-order valence-electron chi connectivity index (χ0n) is 7.37. The van der Waals surface area contributed by atoms with Crippen molar-refractivity contribution in [2.75, 3.05) is 7.05 Å². The molecule has 0 saturated heterocycles. The molecular formula is C9H7ClN2O2. The largest absolute Gasteiger partial charge is 0.428 e. The Kier molecular flexibility index (Phi) is 2.13. The lowest BCUT2D eigenvalue weighted by molar-refractivity contribution is 0.0963. The van der Waals surface area contributed by atoms with Gasteiger partial charge in [0, 0.05) is 12.6 Å². The summed E-state index contributed by atoms with van der Waals surface area (Å²) in [4.78, 5) is 15.2. The van der Waals surface area contributed by atoms with Crippen LogP contribution in [-0.2, 0) is 0 Å². The molecule has 0 unspecified atom stereocenters. The van der Waals surface area contributed by atoms with Crippen LogP contribution in [0, 0.1) is 0 Å². The van der Waals surface area contributed by atoms with E-state index in [0.717, 1.165) is 0 Å². The summed E-state index contributed by atoms with van der Waals surface area (Å²) in [7, 11) is 1.57. The molecule has 0 bridgehead atoms.